The van der Waals surface area contributed by atoms with Gasteiger partial charge in [0.05, 0.1) is 0 Å². The summed E-state index contributed by atoms with van der Waals surface area (Å²) in [7, 11) is -3.09. The lowest BCUT2D eigenvalue weighted by molar-refractivity contribution is 1.61. The zero-order chi connectivity index (χ0) is 25.8. The molecule has 0 atom stereocenters. The Morgan fingerprint density at radius 3 is 0.816 bits per heavy atom. The maximum atomic E-state index is 8.32. The quantitative estimate of drug-likeness (QED) is 0.118. The second kappa shape index (κ2) is 10.7. The number of rotatable bonds is 6. The van der Waals surface area contributed by atoms with Gasteiger partial charge >= 0.3 is 0 Å². The first kappa shape index (κ1) is 24.2. The Bertz CT molecular complexity index is 1460. The SMILES string of the molecule is Cl[Si](c1ccccc1-c1ccccc1)(c1ccccc1-c1ccccc1)c1ccccc1-c1ccccc1. The van der Waals surface area contributed by atoms with Crippen LogP contribution in [0.3, 0.4) is 0 Å². The Kier molecular flexibility index (Phi) is 6.79. The lowest BCUT2D eigenvalue weighted by Crippen LogP contribution is -2.64. The standard InChI is InChI=1S/C36H27ClSi/c37-38(34-25-13-10-22-31(34)28-16-4-1-5-17-28,35-26-14-11-23-32(35)29-18-6-2-7-19-29)36-27-15-12-24-33(36)30-20-8-3-9-21-30/h1-27H. The van der Waals surface area contributed by atoms with Gasteiger partial charge in [-0.3, -0.25) is 0 Å². The smallest absolute Gasteiger partial charge is 0.149 e. The summed E-state index contributed by atoms with van der Waals surface area (Å²) in [6, 6.07) is 57.9. The predicted molar refractivity (Wildman–Crippen MR) is 166 cm³/mol. The summed E-state index contributed by atoms with van der Waals surface area (Å²) in [6.45, 7) is 0. The van der Waals surface area contributed by atoms with Crippen molar-refractivity contribution in [2.75, 3.05) is 0 Å². The van der Waals surface area contributed by atoms with E-state index in [4.69, 9.17) is 11.1 Å². The summed E-state index contributed by atoms with van der Waals surface area (Å²) in [4.78, 5) is 0. The summed E-state index contributed by atoms with van der Waals surface area (Å²) < 4.78 is 0. The van der Waals surface area contributed by atoms with Crippen LogP contribution in [0.15, 0.2) is 164 Å². The Morgan fingerprint density at radius 2 is 0.526 bits per heavy atom. The van der Waals surface area contributed by atoms with E-state index in [1.165, 1.54) is 48.9 Å². The highest BCUT2D eigenvalue weighted by atomic mass is 35.6. The van der Waals surface area contributed by atoms with Crippen molar-refractivity contribution in [3.63, 3.8) is 0 Å². The van der Waals surface area contributed by atoms with Crippen LogP contribution in [0, 0.1) is 0 Å². The molecule has 0 saturated carbocycles. The van der Waals surface area contributed by atoms with Gasteiger partial charge in [-0.1, -0.05) is 164 Å². The van der Waals surface area contributed by atoms with Gasteiger partial charge in [0.1, 0.15) is 0 Å². The fourth-order valence-corrected chi connectivity index (χ4v) is 10.5. The lowest BCUT2D eigenvalue weighted by Gasteiger charge is -2.32. The van der Waals surface area contributed by atoms with Crippen LogP contribution in [0.1, 0.15) is 0 Å². The molecule has 6 rings (SSSR count). The molecule has 0 radical (unpaired) electrons. The first-order chi connectivity index (χ1) is 18.8. The molecular weight excluding hydrogens is 496 g/mol. The highest BCUT2D eigenvalue weighted by Gasteiger charge is 2.43. The van der Waals surface area contributed by atoms with Gasteiger partial charge in [-0.25, -0.2) is 0 Å². The zero-order valence-electron chi connectivity index (χ0n) is 21.0. The summed E-state index contributed by atoms with van der Waals surface area (Å²) in [6.07, 6.45) is 0. The molecule has 0 nitrogen and oxygen atoms in total. The Labute approximate surface area is 230 Å². The molecule has 0 aliphatic heterocycles. The normalized spacial score (nSPS) is 11.3. The van der Waals surface area contributed by atoms with Crippen LogP contribution in [-0.2, 0) is 0 Å². The van der Waals surface area contributed by atoms with E-state index in [0.717, 1.165) is 0 Å². The zero-order valence-corrected chi connectivity index (χ0v) is 22.7. The molecule has 0 spiro atoms. The monoisotopic (exact) mass is 522 g/mol. The molecule has 0 aliphatic carbocycles. The Balaban J connectivity index is 1.72. The highest BCUT2D eigenvalue weighted by molar-refractivity contribution is 7.41. The third-order valence-corrected chi connectivity index (χ3v) is 12.5. The van der Waals surface area contributed by atoms with Crippen LogP contribution in [-0.4, -0.2) is 7.38 Å². The average molecular weight is 523 g/mol. The van der Waals surface area contributed by atoms with E-state index >= 15 is 0 Å². The van der Waals surface area contributed by atoms with Crippen LogP contribution in [0.4, 0.5) is 0 Å². The molecule has 38 heavy (non-hydrogen) atoms. The van der Waals surface area contributed by atoms with E-state index in [2.05, 4.69) is 164 Å². The first-order valence-corrected chi connectivity index (χ1v) is 15.9. The largest absolute Gasteiger partial charge is 0.249 e. The highest BCUT2D eigenvalue weighted by Crippen LogP contribution is 2.29. The molecule has 6 aromatic carbocycles. The minimum absolute atomic E-state index is 1.18. The summed E-state index contributed by atoms with van der Waals surface area (Å²) >= 11 is 8.32. The van der Waals surface area contributed by atoms with Crippen molar-refractivity contribution in [2.24, 2.45) is 0 Å². The van der Waals surface area contributed by atoms with E-state index in [-0.39, 0.29) is 0 Å². The van der Waals surface area contributed by atoms with Crippen molar-refractivity contribution in [2.45, 2.75) is 0 Å². The molecule has 0 fully saturated rings. The summed E-state index contributed by atoms with van der Waals surface area (Å²) in [5, 5.41) is 3.58. The van der Waals surface area contributed by atoms with Crippen LogP contribution < -0.4 is 15.6 Å². The molecule has 6 aromatic rings. The van der Waals surface area contributed by atoms with Crippen molar-refractivity contribution in [1.82, 2.24) is 0 Å². The van der Waals surface area contributed by atoms with Gasteiger partial charge in [0.15, 0.2) is 0 Å². The van der Waals surface area contributed by atoms with Crippen molar-refractivity contribution < 1.29 is 0 Å². The van der Waals surface area contributed by atoms with Gasteiger partial charge in [-0.2, -0.15) is 0 Å². The average Bonchev–Trinajstić information content (AvgIpc) is 3.02. The van der Waals surface area contributed by atoms with Crippen LogP contribution >= 0.6 is 11.1 Å². The topological polar surface area (TPSA) is 0 Å². The van der Waals surface area contributed by atoms with Gasteiger partial charge in [-0.15, -0.1) is 11.1 Å². The molecule has 0 N–H and O–H groups in total. The van der Waals surface area contributed by atoms with Crippen LogP contribution in [0.2, 0.25) is 0 Å². The van der Waals surface area contributed by atoms with E-state index in [9.17, 15) is 0 Å². The van der Waals surface area contributed by atoms with Gasteiger partial charge in [-0.05, 0) is 48.9 Å². The van der Waals surface area contributed by atoms with Crippen LogP contribution in [0.5, 0.6) is 0 Å². The Hall–Kier alpha value is -4.17. The fourth-order valence-electron chi connectivity index (χ4n) is 5.39. The molecule has 0 aliphatic rings. The van der Waals surface area contributed by atoms with E-state index in [0.29, 0.717) is 0 Å². The molecule has 2 heteroatoms. The van der Waals surface area contributed by atoms with E-state index in [1.807, 2.05) is 0 Å². The molecule has 0 aromatic heterocycles. The number of hydrogen-bond donors (Lipinski definition) is 0. The second-order valence-corrected chi connectivity index (χ2v) is 14.0. The third kappa shape index (κ3) is 4.41. The van der Waals surface area contributed by atoms with E-state index in [1.54, 1.807) is 0 Å². The Morgan fingerprint density at radius 1 is 0.289 bits per heavy atom. The van der Waals surface area contributed by atoms with Crippen molar-refractivity contribution in [1.29, 1.82) is 0 Å². The van der Waals surface area contributed by atoms with E-state index < -0.39 is 7.38 Å². The molecular formula is C36H27ClSi. The van der Waals surface area contributed by atoms with Crippen molar-refractivity contribution in [3.8, 4) is 33.4 Å². The third-order valence-electron chi connectivity index (χ3n) is 7.15. The maximum absolute atomic E-state index is 8.32. The maximum Gasteiger partial charge on any atom is 0.249 e. The lowest BCUT2D eigenvalue weighted by atomic mass is 10.1. The fraction of sp³-hybridized carbons (Fsp3) is 0. The molecule has 182 valence electrons. The second-order valence-electron chi connectivity index (χ2n) is 9.39. The van der Waals surface area contributed by atoms with Gasteiger partial charge in [0.2, 0.25) is 7.38 Å². The van der Waals surface area contributed by atoms with Gasteiger partial charge < -0.3 is 0 Å². The summed E-state index contributed by atoms with van der Waals surface area (Å²) in [5.74, 6) is 0. The molecule has 0 heterocycles. The number of hydrogen-bond acceptors (Lipinski definition) is 0. The van der Waals surface area contributed by atoms with Gasteiger partial charge in [0.25, 0.3) is 0 Å². The summed E-state index contributed by atoms with van der Waals surface area (Å²) in [5.41, 5.74) is 7.07. The number of benzene rings is 6. The van der Waals surface area contributed by atoms with Crippen LogP contribution in [0.25, 0.3) is 33.4 Å². The minimum atomic E-state index is -3.09. The molecule has 0 unspecified atom stereocenters. The van der Waals surface area contributed by atoms with Gasteiger partial charge in [0, 0.05) is 0 Å². The van der Waals surface area contributed by atoms with Crippen molar-refractivity contribution >= 4 is 34.0 Å². The minimum Gasteiger partial charge on any atom is -0.149 e. The predicted octanol–water partition coefficient (Wildman–Crippen LogP) is 7.89. The first-order valence-electron chi connectivity index (χ1n) is 12.9. The van der Waals surface area contributed by atoms with Crippen molar-refractivity contribution in [3.05, 3.63) is 164 Å². The molecule has 0 bridgehead atoms. The molecule has 0 amide bonds. The number of halogens is 1. The molecule has 0 saturated heterocycles.